The fraction of sp³-hybridized carbons (Fsp3) is 0. The molecule has 6 nitrogen and oxygen atoms in total. The van der Waals surface area contributed by atoms with Gasteiger partial charge < -0.3 is 30.6 Å². The van der Waals surface area contributed by atoms with Crippen LogP contribution in [-0.4, -0.2) is 30.6 Å². The summed E-state index contributed by atoms with van der Waals surface area (Å²) in [5.41, 5.74) is 0.426. The third-order valence-electron chi connectivity index (χ3n) is 2.49. The third kappa shape index (κ3) is 2.47. The minimum Gasteiger partial charge on any atom is -0.504 e. The van der Waals surface area contributed by atoms with Crippen molar-refractivity contribution in [2.75, 3.05) is 0 Å². The molecular formula is C14H10O6. The van der Waals surface area contributed by atoms with Gasteiger partial charge in [0.05, 0.1) is 0 Å². The lowest BCUT2D eigenvalue weighted by atomic mass is 10.1. The van der Waals surface area contributed by atoms with Crippen molar-refractivity contribution in [1.29, 1.82) is 0 Å². The molecule has 0 fully saturated rings. The second-order valence-electron chi connectivity index (χ2n) is 3.98. The molecule has 0 bridgehead atoms. The van der Waals surface area contributed by atoms with Crippen LogP contribution in [0.3, 0.4) is 0 Å². The van der Waals surface area contributed by atoms with Crippen molar-refractivity contribution in [3.63, 3.8) is 0 Å². The number of rotatable bonds is 0. The smallest absolute Gasteiger partial charge is 0.200 e. The molecule has 20 heavy (non-hydrogen) atoms. The molecule has 0 aliphatic heterocycles. The Hall–Kier alpha value is -3.20. The number of hydrogen-bond donors (Lipinski definition) is 6. The Morgan fingerprint density at radius 2 is 0.750 bits per heavy atom. The summed E-state index contributed by atoms with van der Waals surface area (Å²) >= 11 is 0. The fourth-order valence-electron chi connectivity index (χ4n) is 1.50. The first-order valence-electron chi connectivity index (χ1n) is 5.40. The highest BCUT2D eigenvalue weighted by Gasteiger charge is 2.08. The van der Waals surface area contributed by atoms with Crippen molar-refractivity contribution < 1.29 is 30.6 Å². The lowest BCUT2D eigenvalue weighted by Crippen LogP contribution is -1.80. The molecular weight excluding hydrogens is 264 g/mol. The molecule has 0 amide bonds. The SMILES string of the molecule is Oc1cc(C#Cc2cc(O)c(O)c(O)c2)cc(O)c1O. The Kier molecular flexibility index (Phi) is 3.19. The van der Waals surface area contributed by atoms with Gasteiger partial charge in [-0.3, -0.25) is 0 Å². The van der Waals surface area contributed by atoms with E-state index >= 15 is 0 Å². The van der Waals surface area contributed by atoms with Gasteiger partial charge in [-0.15, -0.1) is 0 Å². The topological polar surface area (TPSA) is 121 Å². The summed E-state index contributed by atoms with van der Waals surface area (Å²) in [6.45, 7) is 0. The van der Waals surface area contributed by atoms with Crippen LogP contribution in [0.4, 0.5) is 0 Å². The van der Waals surface area contributed by atoms with Gasteiger partial charge in [0.2, 0.25) is 0 Å². The van der Waals surface area contributed by atoms with Gasteiger partial charge in [-0.05, 0) is 24.3 Å². The second kappa shape index (κ2) is 4.82. The Bertz CT molecular complexity index is 632. The van der Waals surface area contributed by atoms with Crippen LogP contribution in [0.15, 0.2) is 24.3 Å². The summed E-state index contributed by atoms with van der Waals surface area (Å²) in [5, 5.41) is 55.6. The zero-order chi connectivity index (χ0) is 14.9. The highest BCUT2D eigenvalue weighted by Crippen LogP contribution is 2.36. The summed E-state index contributed by atoms with van der Waals surface area (Å²) in [6, 6.07) is 4.56. The van der Waals surface area contributed by atoms with Crippen LogP contribution in [0, 0.1) is 11.8 Å². The van der Waals surface area contributed by atoms with E-state index in [1.165, 1.54) is 0 Å². The average molecular weight is 274 g/mol. The molecule has 102 valence electrons. The maximum absolute atomic E-state index is 9.31. The molecule has 0 aliphatic carbocycles. The summed E-state index contributed by atoms with van der Waals surface area (Å²) in [4.78, 5) is 0. The number of hydrogen-bond acceptors (Lipinski definition) is 6. The first-order valence-corrected chi connectivity index (χ1v) is 5.40. The van der Waals surface area contributed by atoms with Crippen molar-refractivity contribution in [3.8, 4) is 46.3 Å². The summed E-state index contributed by atoms with van der Waals surface area (Å²) < 4.78 is 0. The molecule has 2 aromatic rings. The fourth-order valence-corrected chi connectivity index (χ4v) is 1.50. The van der Waals surface area contributed by atoms with E-state index in [1.807, 2.05) is 0 Å². The summed E-state index contributed by atoms with van der Waals surface area (Å²) in [7, 11) is 0. The first-order chi connectivity index (χ1) is 9.38. The van der Waals surface area contributed by atoms with E-state index in [1.54, 1.807) is 0 Å². The lowest BCUT2D eigenvalue weighted by molar-refractivity contribution is 0.367. The van der Waals surface area contributed by atoms with Crippen LogP contribution in [0.2, 0.25) is 0 Å². The number of aromatic hydroxyl groups is 6. The van der Waals surface area contributed by atoms with E-state index in [0.29, 0.717) is 0 Å². The minimum absolute atomic E-state index is 0.213. The van der Waals surface area contributed by atoms with Gasteiger partial charge in [0.15, 0.2) is 34.5 Å². The van der Waals surface area contributed by atoms with Crippen molar-refractivity contribution >= 4 is 0 Å². The van der Waals surface area contributed by atoms with Crippen LogP contribution in [0.25, 0.3) is 0 Å². The monoisotopic (exact) mass is 274 g/mol. The maximum Gasteiger partial charge on any atom is 0.200 e. The van der Waals surface area contributed by atoms with E-state index in [9.17, 15) is 30.6 Å². The van der Waals surface area contributed by atoms with Crippen molar-refractivity contribution in [2.24, 2.45) is 0 Å². The Labute approximate surface area is 113 Å². The summed E-state index contributed by atoms with van der Waals surface area (Å²) in [6.07, 6.45) is 0. The molecule has 0 saturated carbocycles. The molecule has 6 N–H and O–H groups in total. The van der Waals surface area contributed by atoms with Crippen molar-refractivity contribution in [3.05, 3.63) is 35.4 Å². The zero-order valence-corrected chi connectivity index (χ0v) is 9.99. The van der Waals surface area contributed by atoms with Crippen LogP contribution in [0.5, 0.6) is 34.5 Å². The van der Waals surface area contributed by atoms with E-state index in [4.69, 9.17) is 0 Å². The number of phenols is 6. The number of phenolic OH excluding ortho intramolecular Hbond substituents is 6. The third-order valence-corrected chi connectivity index (χ3v) is 2.49. The number of benzene rings is 2. The van der Waals surface area contributed by atoms with Crippen LogP contribution >= 0.6 is 0 Å². The Morgan fingerprint density at radius 3 is 1.00 bits per heavy atom. The van der Waals surface area contributed by atoms with Gasteiger partial charge in [0.25, 0.3) is 0 Å². The predicted octanol–water partition coefficient (Wildman–Crippen LogP) is 1.32. The van der Waals surface area contributed by atoms with E-state index in [0.717, 1.165) is 24.3 Å². The molecule has 2 rings (SSSR count). The molecule has 2 aromatic carbocycles. The molecule has 0 aromatic heterocycles. The van der Waals surface area contributed by atoms with Crippen LogP contribution in [0.1, 0.15) is 11.1 Å². The molecule has 0 heterocycles. The Morgan fingerprint density at radius 1 is 0.500 bits per heavy atom. The predicted molar refractivity (Wildman–Crippen MR) is 68.9 cm³/mol. The second-order valence-corrected chi connectivity index (χ2v) is 3.98. The molecule has 0 unspecified atom stereocenters. The van der Waals surface area contributed by atoms with E-state index in [-0.39, 0.29) is 11.1 Å². The highest BCUT2D eigenvalue weighted by molar-refractivity contribution is 5.58. The highest BCUT2D eigenvalue weighted by atomic mass is 16.3. The molecule has 0 radical (unpaired) electrons. The van der Waals surface area contributed by atoms with Gasteiger partial charge in [0, 0.05) is 11.1 Å². The standard InChI is InChI=1S/C14H10O6/c15-9-3-7(4-10(16)13(9)19)1-2-8-5-11(17)14(20)12(18)6-8/h3-6,15-20H. The normalized spacial score (nSPS) is 9.80. The van der Waals surface area contributed by atoms with Crippen molar-refractivity contribution in [2.45, 2.75) is 0 Å². The zero-order valence-electron chi connectivity index (χ0n) is 9.99. The molecule has 0 atom stereocenters. The molecule has 6 heteroatoms. The molecule has 0 saturated heterocycles. The molecule has 0 aliphatic rings. The average Bonchev–Trinajstić information content (AvgIpc) is 2.39. The Balaban J connectivity index is 2.41. The van der Waals surface area contributed by atoms with Gasteiger partial charge >= 0.3 is 0 Å². The van der Waals surface area contributed by atoms with Crippen LogP contribution < -0.4 is 0 Å². The molecule has 0 spiro atoms. The van der Waals surface area contributed by atoms with E-state index in [2.05, 4.69) is 11.8 Å². The van der Waals surface area contributed by atoms with Gasteiger partial charge in [-0.25, -0.2) is 0 Å². The van der Waals surface area contributed by atoms with Gasteiger partial charge in [0.1, 0.15) is 0 Å². The minimum atomic E-state index is -0.643. The van der Waals surface area contributed by atoms with Gasteiger partial charge in [-0.2, -0.15) is 0 Å². The summed E-state index contributed by atoms with van der Waals surface area (Å²) in [5.74, 6) is 1.74. The maximum atomic E-state index is 9.31. The van der Waals surface area contributed by atoms with Crippen LogP contribution in [-0.2, 0) is 0 Å². The first kappa shape index (κ1) is 13.2. The lowest BCUT2D eigenvalue weighted by Gasteiger charge is -2.02. The van der Waals surface area contributed by atoms with E-state index < -0.39 is 34.5 Å². The van der Waals surface area contributed by atoms with Crippen molar-refractivity contribution in [1.82, 2.24) is 0 Å². The van der Waals surface area contributed by atoms with Gasteiger partial charge in [-0.1, -0.05) is 11.8 Å². The largest absolute Gasteiger partial charge is 0.504 e. The quantitative estimate of drug-likeness (QED) is 0.318.